The molecule has 2 aromatic carbocycles. The summed E-state index contributed by atoms with van der Waals surface area (Å²) in [6, 6.07) is 8.13. The fourth-order valence-corrected chi connectivity index (χ4v) is 2.98. The Kier molecular flexibility index (Phi) is 8.53. The predicted octanol–water partition coefficient (Wildman–Crippen LogP) is 4.41. The average molecular weight is 479 g/mol. The van der Waals surface area contributed by atoms with E-state index in [4.69, 9.17) is 21.4 Å². The Hall–Kier alpha value is -3.46. The lowest BCUT2D eigenvalue weighted by Gasteiger charge is -2.23. The van der Waals surface area contributed by atoms with Crippen LogP contribution in [-0.4, -0.2) is 40.5 Å². The van der Waals surface area contributed by atoms with E-state index in [2.05, 4.69) is 10.6 Å². The summed E-state index contributed by atoms with van der Waals surface area (Å²) in [4.78, 5) is 49.0. The normalized spacial score (nSPS) is 11.9. The molecule has 0 radical (unpaired) electrons. The standard InChI is InChI=1S/C23H24ClFN2O6/c1-23(2,3)33-22(32)27-18(10-11-19(28)29)21(31)26-17-9-8-13(24)12-15(17)20(30)14-6-4-5-7-16(14)25/h4-9,12,18H,10-11H2,1-3H3,(H,26,31)(H,27,32)(H,28,29). The number of carbonyl (C=O) groups is 4. The maximum absolute atomic E-state index is 14.1. The molecule has 2 aromatic rings. The number of halogens is 2. The van der Waals surface area contributed by atoms with Gasteiger partial charge in [-0.05, 0) is 57.5 Å². The lowest BCUT2D eigenvalue weighted by Crippen LogP contribution is -2.46. The van der Waals surface area contributed by atoms with Gasteiger partial charge in [0.1, 0.15) is 17.5 Å². The lowest BCUT2D eigenvalue weighted by atomic mass is 10.0. The van der Waals surface area contributed by atoms with Crippen LogP contribution in [0.1, 0.15) is 49.5 Å². The molecule has 0 heterocycles. The number of rotatable bonds is 8. The number of carboxylic acid groups (broad SMARTS) is 1. The van der Waals surface area contributed by atoms with E-state index >= 15 is 0 Å². The zero-order valence-electron chi connectivity index (χ0n) is 18.3. The van der Waals surface area contributed by atoms with E-state index < -0.39 is 47.6 Å². The summed E-state index contributed by atoms with van der Waals surface area (Å²) in [5, 5.41) is 14.0. The Morgan fingerprint density at radius 1 is 1.09 bits per heavy atom. The molecule has 0 spiro atoms. The fraction of sp³-hybridized carbons (Fsp3) is 0.304. The van der Waals surface area contributed by atoms with Crippen LogP contribution in [0.15, 0.2) is 42.5 Å². The maximum atomic E-state index is 14.1. The van der Waals surface area contributed by atoms with Gasteiger partial charge in [-0.2, -0.15) is 0 Å². The minimum atomic E-state index is -1.27. The van der Waals surface area contributed by atoms with E-state index in [0.717, 1.165) is 6.07 Å². The summed E-state index contributed by atoms with van der Waals surface area (Å²) in [7, 11) is 0. The maximum Gasteiger partial charge on any atom is 0.408 e. The first kappa shape index (κ1) is 25.8. The molecule has 0 bridgehead atoms. The van der Waals surface area contributed by atoms with Gasteiger partial charge in [-0.1, -0.05) is 23.7 Å². The Morgan fingerprint density at radius 2 is 1.76 bits per heavy atom. The minimum Gasteiger partial charge on any atom is -0.481 e. The van der Waals surface area contributed by atoms with Gasteiger partial charge in [0, 0.05) is 17.0 Å². The number of aliphatic carboxylic acids is 1. The second-order valence-corrected chi connectivity index (χ2v) is 8.56. The quantitative estimate of drug-likeness (QED) is 0.483. The number of amides is 2. The van der Waals surface area contributed by atoms with Crippen molar-refractivity contribution in [2.45, 2.75) is 45.3 Å². The van der Waals surface area contributed by atoms with Gasteiger partial charge >= 0.3 is 12.1 Å². The number of hydrogen-bond acceptors (Lipinski definition) is 5. The van der Waals surface area contributed by atoms with Crippen LogP contribution in [-0.2, 0) is 14.3 Å². The van der Waals surface area contributed by atoms with Crippen LogP contribution >= 0.6 is 11.6 Å². The first-order chi connectivity index (χ1) is 15.4. The van der Waals surface area contributed by atoms with Gasteiger partial charge in [0.25, 0.3) is 0 Å². The number of anilines is 1. The molecule has 3 N–H and O–H groups in total. The first-order valence-electron chi connectivity index (χ1n) is 9.98. The number of ketones is 1. The van der Waals surface area contributed by atoms with Gasteiger partial charge < -0.3 is 20.5 Å². The third-order valence-electron chi connectivity index (χ3n) is 4.26. The Bertz CT molecular complexity index is 1070. The molecule has 0 aliphatic rings. The average Bonchev–Trinajstić information content (AvgIpc) is 2.70. The van der Waals surface area contributed by atoms with Gasteiger partial charge in [-0.3, -0.25) is 14.4 Å². The van der Waals surface area contributed by atoms with Crippen molar-refractivity contribution < 1.29 is 33.4 Å². The molecule has 0 saturated carbocycles. The van der Waals surface area contributed by atoms with Crippen molar-refractivity contribution >= 4 is 41.0 Å². The minimum absolute atomic E-state index is 0.0176. The van der Waals surface area contributed by atoms with Crippen LogP contribution in [0.5, 0.6) is 0 Å². The zero-order chi connectivity index (χ0) is 24.8. The predicted molar refractivity (Wildman–Crippen MR) is 120 cm³/mol. The summed E-state index contributed by atoms with van der Waals surface area (Å²) in [5.74, 6) is -3.41. The summed E-state index contributed by atoms with van der Waals surface area (Å²) < 4.78 is 19.3. The van der Waals surface area contributed by atoms with Crippen LogP contribution in [0.3, 0.4) is 0 Å². The van der Waals surface area contributed by atoms with E-state index in [0.29, 0.717) is 0 Å². The van der Waals surface area contributed by atoms with Crippen molar-refractivity contribution in [1.29, 1.82) is 0 Å². The Morgan fingerprint density at radius 3 is 2.36 bits per heavy atom. The Balaban J connectivity index is 2.31. The first-order valence-corrected chi connectivity index (χ1v) is 10.4. The third-order valence-corrected chi connectivity index (χ3v) is 4.49. The van der Waals surface area contributed by atoms with E-state index in [-0.39, 0.29) is 28.3 Å². The fourth-order valence-electron chi connectivity index (χ4n) is 2.81. The molecule has 0 aliphatic heterocycles. The van der Waals surface area contributed by atoms with Crippen LogP contribution < -0.4 is 10.6 Å². The number of benzene rings is 2. The van der Waals surface area contributed by atoms with Gasteiger partial charge in [0.2, 0.25) is 5.91 Å². The molecular formula is C23H24ClFN2O6. The molecule has 0 fully saturated rings. The van der Waals surface area contributed by atoms with Crippen LogP contribution in [0.2, 0.25) is 5.02 Å². The topological polar surface area (TPSA) is 122 Å². The highest BCUT2D eigenvalue weighted by Gasteiger charge is 2.27. The number of hydrogen-bond donors (Lipinski definition) is 3. The van der Waals surface area contributed by atoms with E-state index in [1.807, 2.05) is 0 Å². The summed E-state index contributed by atoms with van der Waals surface area (Å²) in [5.41, 5.74) is -1.11. The van der Waals surface area contributed by atoms with Crippen molar-refractivity contribution in [3.8, 4) is 0 Å². The van der Waals surface area contributed by atoms with Gasteiger partial charge in [0.15, 0.2) is 5.78 Å². The summed E-state index contributed by atoms with van der Waals surface area (Å²) in [6.45, 7) is 4.90. The van der Waals surface area contributed by atoms with Gasteiger partial charge in [0.05, 0.1) is 11.3 Å². The van der Waals surface area contributed by atoms with E-state index in [1.165, 1.54) is 36.4 Å². The molecule has 1 atom stereocenters. The molecule has 0 aromatic heterocycles. The molecular weight excluding hydrogens is 455 g/mol. The highest BCUT2D eigenvalue weighted by molar-refractivity contribution is 6.31. The van der Waals surface area contributed by atoms with Crippen molar-refractivity contribution in [3.63, 3.8) is 0 Å². The van der Waals surface area contributed by atoms with Gasteiger partial charge in [-0.15, -0.1) is 0 Å². The number of carbonyl (C=O) groups excluding carboxylic acids is 3. The van der Waals surface area contributed by atoms with E-state index in [1.54, 1.807) is 20.8 Å². The van der Waals surface area contributed by atoms with Crippen molar-refractivity contribution in [2.75, 3.05) is 5.32 Å². The van der Waals surface area contributed by atoms with Crippen molar-refractivity contribution in [1.82, 2.24) is 5.32 Å². The van der Waals surface area contributed by atoms with E-state index in [9.17, 15) is 23.6 Å². The summed E-state index contributed by atoms with van der Waals surface area (Å²) in [6.07, 6.45) is -1.55. The molecule has 0 aliphatic carbocycles. The molecule has 8 nitrogen and oxygen atoms in total. The molecule has 2 amide bonds. The molecule has 0 saturated heterocycles. The Labute approximate surface area is 195 Å². The smallest absolute Gasteiger partial charge is 0.408 e. The second-order valence-electron chi connectivity index (χ2n) is 8.12. The number of alkyl carbamates (subject to hydrolysis) is 1. The number of carboxylic acids is 1. The molecule has 176 valence electrons. The SMILES string of the molecule is CC(C)(C)OC(=O)NC(CCC(=O)O)C(=O)Nc1ccc(Cl)cc1C(=O)c1ccccc1F. The number of ether oxygens (including phenoxy) is 1. The molecule has 1 unspecified atom stereocenters. The van der Waals surface area contributed by atoms with Crippen LogP contribution in [0.25, 0.3) is 0 Å². The summed E-state index contributed by atoms with van der Waals surface area (Å²) >= 11 is 6.00. The molecule has 10 heteroatoms. The zero-order valence-corrected chi connectivity index (χ0v) is 19.0. The number of nitrogens with one attached hydrogen (secondary N) is 2. The molecule has 2 rings (SSSR count). The highest BCUT2D eigenvalue weighted by Crippen LogP contribution is 2.25. The van der Waals surface area contributed by atoms with Crippen molar-refractivity contribution in [2.24, 2.45) is 0 Å². The largest absolute Gasteiger partial charge is 0.481 e. The lowest BCUT2D eigenvalue weighted by molar-refractivity contribution is -0.137. The van der Waals surface area contributed by atoms with Gasteiger partial charge in [-0.25, -0.2) is 9.18 Å². The second kappa shape index (κ2) is 10.9. The highest BCUT2D eigenvalue weighted by atomic mass is 35.5. The van der Waals surface area contributed by atoms with Crippen LogP contribution in [0.4, 0.5) is 14.9 Å². The third kappa shape index (κ3) is 7.87. The van der Waals surface area contributed by atoms with Crippen molar-refractivity contribution in [3.05, 3.63) is 64.4 Å². The molecule has 33 heavy (non-hydrogen) atoms. The monoisotopic (exact) mass is 478 g/mol. The van der Waals surface area contributed by atoms with Crippen LogP contribution in [0, 0.1) is 5.82 Å².